The molecule has 88 valence electrons. The molecule has 0 bridgehead atoms. The highest BCUT2D eigenvalue weighted by Gasteiger charge is 2.22. The maximum Gasteiger partial charge on any atom is 0.256 e. The fourth-order valence-corrected chi connectivity index (χ4v) is 2.27. The SMILES string of the molecule is O=C1Nc2ccccc2/C1=C\c1ccc(Br)cc1. The van der Waals surface area contributed by atoms with E-state index in [4.69, 9.17) is 0 Å². The number of carbonyl (C=O) groups is 1. The molecule has 3 rings (SSSR count). The van der Waals surface area contributed by atoms with E-state index in [1.807, 2.05) is 54.6 Å². The lowest BCUT2D eigenvalue weighted by atomic mass is 10.0. The predicted molar refractivity (Wildman–Crippen MR) is 77.1 cm³/mol. The van der Waals surface area contributed by atoms with Gasteiger partial charge in [0, 0.05) is 21.3 Å². The van der Waals surface area contributed by atoms with Gasteiger partial charge in [0.15, 0.2) is 0 Å². The van der Waals surface area contributed by atoms with Crippen LogP contribution in [0.3, 0.4) is 0 Å². The topological polar surface area (TPSA) is 29.1 Å². The molecule has 0 aromatic heterocycles. The minimum absolute atomic E-state index is 0.0425. The van der Waals surface area contributed by atoms with Gasteiger partial charge in [-0.2, -0.15) is 0 Å². The summed E-state index contributed by atoms with van der Waals surface area (Å²) in [4.78, 5) is 11.9. The second kappa shape index (κ2) is 4.42. The van der Waals surface area contributed by atoms with E-state index < -0.39 is 0 Å². The van der Waals surface area contributed by atoms with Crippen molar-refractivity contribution in [3.05, 3.63) is 64.1 Å². The van der Waals surface area contributed by atoms with Gasteiger partial charge in [0.25, 0.3) is 5.91 Å². The lowest BCUT2D eigenvalue weighted by Crippen LogP contribution is -2.03. The van der Waals surface area contributed by atoms with E-state index in [0.29, 0.717) is 5.57 Å². The summed E-state index contributed by atoms with van der Waals surface area (Å²) < 4.78 is 1.03. The molecule has 2 aromatic carbocycles. The average Bonchev–Trinajstić information content (AvgIpc) is 2.69. The van der Waals surface area contributed by atoms with E-state index in [2.05, 4.69) is 21.2 Å². The summed E-state index contributed by atoms with van der Waals surface area (Å²) in [6, 6.07) is 15.6. The summed E-state index contributed by atoms with van der Waals surface area (Å²) in [6.45, 7) is 0. The molecule has 1 amide bonds. The minimum Gasteiger partial charge on any atom is -0.321 e. The Balaban J connectivity index is 2.07. The van der Waals surface area contributed by atoms with E-state index in [0.717, 1.165) is 21.3 Å². The van der Waals surface area contributed by atoms with Crippen molar-refractivity contribution in [2.24, 2.45) is 0 Å². The molecule has 2 nitrogen and oxygen atoms in total. The molecule has 1 heterocycles. The number of hydrogen-bond donors (Lipinski definition) is 1. The molecule has 1 aliphatic rings. The molecule has 0 saturated carbocycles. The van der Waals surface area contributed by atoms with Crippen molar-refractivity contribution < 1.29 is 4.79 Å². The first-order valence-corrected chi connectivity index (χ1v) is 6.41. The monoisotopic (exact) mass is 299 g/mol. The zero-order valence-electron chi connectivity index (χ0n) is 9.48. The van der Waals surface area contributed by atoms with Gasteiger partial charge in [-0.05, 0) is 29.8 Å². The molecule has 0 unspecified atom stereocenters. The van der Waals surface area contributed by atoms with Crippen LogP contribution in [0.1, 0.15) is 11.1 Å². The number of benzene rings is 2. The third-order valence-corrected chi connectivity index (χ3v) is 3.42. The standard InChI is InChI=1S/C15H10BrNO/c16-11-7-5-10(6-8-11)9-13-12-3-1-2-4-14(12)17-15(13)18/h1-9H,(H,17,18)/b13-9+. The molecule has 3 heteroatoms. The zero-order chi connectivity index (χ0) is 12.5. The van der Waals surface area contributed by atoms with Gasteiger partial charge in [-0.1, -0.05) is 46.3 Å². The molecule has 0 saturated heterocycles. The van der Waals surface area contributed by atoms with Crippen LogP contribution < -0.4 is 5.32 Å². The summed E-state index contributed by atoms with van der Waals surface area (Å²) in [6.07, 6.45) is 1.91. The number of nitrogens with one attached hydrogen (secondary N) is 1. The van der Waals surface area contributed by atoms with Crippen LogP contribution in [0, 0.1) is 0 Å². The van der Waals surface area contributed by atoms with Gasteiger partial charge in [0.1, 0.15) is 0 Å². The maximum absolute atomic E-state index is 11.9. The van der Waals surface area contributed by atoms with Crippen molar-refractivity contribution in [3.8, 4) is 0 Å². The van der Waals surface area contributed by atoms with E-state index in [9.17, 15) is 4.79 Å². The van der Waals surface area contributed by atoms with E-state index in [-0.39, 0.29) is 5.91 Å². The summed E-state index contributed by atoms with van der Waals surface area (Å²) in [7, 11) is 0. The highest BCUT2D eigenvalue weighted by atomic mass is 79.9. The van der Waals surface area contributed by atoms with Crippen molar-refractivity contribution >= 4 is 39.2 Å². The number of anilines is 1. The van der Waals surface area contributed by atoms with Crippen LogP contribution in [0.25, 0.3) is 11.6 Å². The van der Waals surface area contributed by atoms with Gasteiger partial charge in [0.05, 0.1) is 0 Å². The van der Waals surface area contributed by atoms with Crippen molar-refractivity contribution in [3.63, 3.8) is 0 Å². The largest absolute Gasteiger partial charge is 0.321 e. The summed E-state index contributed by atoms with van der Waals surface area (Å²) in [5.41, 5.74) is 3.57. The Bertz CT molecular complexity index is 644. The number of hydrogen-bond acceptors (Lipinski definition) is 1. The summed E-state index contributed by atoms with van der Waals surface area (Å²) >= 11 is 3.40. The van der Waals surface area contributed by atoms with Crippen molar-refractivity contribution in [1.82, 2.24) is 0 Å². The Hall–Kier alpha value is -1.87. The Morgan fingerprint density at radius 3 is 2.50 bits per heavy atom. The Morgan fingerprint density at radius 2 is 1.72 bits per heavy atom. The molecule has 0 radical (unpaired) electrons. The lowest BCUT2D eigenvalue weighted by Gasteiger charge is -1.98. The molecule has 0 aliphatic carbocycles. The highest BCUT2D eigenvalue weighted by molar-refractivity contribution is 9.10. The number of rotatable bonds is 1. The number of halogens is 1. The molecule has 2 aromatic rings. The highest BCUT2D eigenvalue weighted by Crippen LogP contribution is 2.32. The molecule has 0 spiro atoms. The quantitative estimate of drug-likeness (QED) is 0.794. The van der Waals surface area contributed by atoms with Crippen LogP contribution in [0.2, 0.25) is 0 Å². The van der Waals surface area contributed by atoms with E-state index >= 15 is 0 Å². The van der Waals surface area contributed by atoms with Crippen LogP contribution in [-0.2, 0) is 4.79 Å². The van der Waals surface area contributed by atoms with Crippen LogP contribution in [0.15, 0.2) is 53.0 Å². The molecular formula is C15H10BrNO. The van der Waals surface area contributed by atoms with E-state index in [1.54, 1.807) is 0 Å². The Labute approximate surface area is 113 Å². The smallest absolute Gasteiger partial charge is 0.256 e. The van der Waals surface area contributed by atoms with Gasteiger partial charge < -0.3 is 5.32 Å². The average molecular weight is 300 g/mol. The van der Waals surface area contributed by atoms with Crippen molar-refractivity contribution in [1.29, 1.82) is 0 Å². The number of carbonyl (C=O) groups excluding carboxylic acids is 1. The normalized spacial score (nSPS) is 15.6. The third-order valence-electron chi connectivity index (χ3n) is 2.89. The zero-order valence-corrected chi connectivity index (χ0v) is 11.1. The minimum atomic E-state index is -0.0425. The number of amides is 1. The van der Waals surface area contributed by atoms with Crippen molar-refractivity contribution in [2.45, 2.75) is 0 Å². The van der Waals surface area contributed by atoms with Gasteiger partial charge in [0.2, 0.25) is 0 Å². The van der Waals surface area contributed by atoms with Gasteiger partial charge in [-0.25, -0.2) is 0 Å². The van der Waals surface area contributed by atoms with Crippen LogP contribution in [-0.4, -0.2) is 5.91 Å². The van der Waals surface area contributed by atoms with Crippen LogP contribution in [0.4, 0.5) is 5.69 Å². The fourth-order valence-electron chi connectivity index (χ4n) is 2.01. The van der Waals surface area contributed by atoms with Gasteiger partial charge in [-0.15, -0.1) is 0 Å². The van der Waals surface area contributed by atoms with Gasteiger partial charge in [-0.3, -0.25) is 4.79 Å². The molecular weight excluding hydrogens is 290 g/mol. The number of fused-ring (bicyclic) bond motifs is 1. The first-order valence-electron chi connectivity index (χ1n) is 5.62. The lowest BCUT2D eigenvalue weighted by molar-refractivity contribution is -0.110. The summed E-state index contributed by atoms with van der Waals surface area (Å²) in [5.74, 6) is -0.0425. The Kier molecular flexibility index (Phi) is 2.76. The summed E-state index contributed by atoms with van der Waals surface area (Å²) in [5, 5.41) is 2.86. The molecule has 0 atom stereocenters. The van der Waals surface area contributed by atoms with Crippen LogP contribution in [0.5, 0.6) is 0 Å². The third kappa shape index (κ3) is 1.97. The fraction of sp³-hybridized carbons (Fsp3) is 0. The molecule has 0 fully saturated rings. The first kappa shape index (κ1) is 11.2. The number of para-hydroxylation sites is 1. The Morgan fingerprint density at radius 1 is 1.00 bits per heavy atom. The van der Waals surface area contributed by atoms with Crippen molar-refractivity contribution in [2.75, 3.05) is 5.32 Å². The first-order chi connectivity index (χ1) is 8.74. The van der Waals surface area contributed by atoms with E-state index in [1.165, 1.54) is 0 Å². The predicted octanol–water partition coefficient (Wildman–Crippen LogP) is 3.94. The van der Waals surface area contributed by atoms with Crippen LogP contribution >= 0.6 is 15.9 Å². The molecule has 1 aliphatic heterocycles. The molecule has 18 heavy (non-hydrogen) atoms. The second-order valence-electron chi connectivity index (χ2n) is 4.11. The van der Waals surface area contributed by atoms with Gasteiger partial charge >= 0.3 is 0 Å². The molecule has 1 N–H and O–H groups in total. The second-order valence-corrected chi connectivity index (χ2v) is 5.02. The maximum atomic E-state index is 11.9.